The molecule has 2 saturated heterocycles. The largest absolute Gasteiger partial charge is 0.482 e. The van der Waals surface area contributed by atoms with Gasteiger partial charge in [-0.25, -0.2) is 9.78 Å². The highest BCUT2D eigenvalue weighted by Crippen LogP contribution is 2.58. The van der Waals surface area contributed by atoms with Crippen molar-refractivity contribution in [2.24, 2.45) is 5.41 Å². The van der Waals surface area contributed by atoms with E-state index in [1.54, 1.807) is 53.1 Å². The third-order valence-corrected chi connectivity index (χ3v) is 10.8. The lowest BCUT2D eigenvalue weighted by Crippen LogP contribution is -2.54. The van der Waals surface area contributed by atoms with Crippen LogP contribution in [0.25, 0.3) is 21.5 Å². The fraction of sp³-hybridized carbons (Fsp3) is 0.469. The van der Waals surface area contributed by atoms with Crippen molar-refractivity contribution in [2.75, 3.05) is 10.2 Å². The maximum absolute atomic E-state index is 13.2. The number of anilines is 2. The monoisotopic (exact) mass is 624 g/mol. The minimum Gasteiger partial charge on any atom is -0.478 e. The Bertz CT molecular complexity index is 1730. The number of benzene rings is 2. The molecule has 4 heterocycles. The van der Waals surface area contributed by atoms with E-state index in [1.165, 1.54) is 6.07 Å². The lowest BCUT2D eigenvalue weighted by atomic mass is 9.59. The number of hydrogen-bond acceptors (Lipinski definition) is 8. The standard InChI is InChI=1S/C32H31F3N4O4S/c33-32(34,35)37-24-4-2-1-3-22(24)27-23(28(43-38-27)17-5-6-17)16-42-21-14-31(15-21)12-19-8-9-20(13-31)39(19)30-36-25-10-7-18(29(40)41)11-26(25)44-30/h1-4,7,10-11,17,19-21,37H,5-6,8-9,12-16H2,(H,40,41). The van der Waals surface area contributed by atoms with Crippen molar-refractivity contribution >= 4 is 38.3 Å². The number of ether oxygens (including phenoxy) is 1. The smallest absolute Gasteiger partial charge is 0.478 e. The van der Waals surface area contributed by atoms with Crippen LogP contribution in [0.2, 0.25) is 0 Å². The van der Waals surface area contributed by atoms with Crippen LogP contribution in [-0.2, 0) is 11.3 Å². The van der Waals surface area contributed by atoms with E-state index >= 15 is 0 Å². The van der Waals surface area contributed by atoms with Gasteiger partial charge in [-0.2, -0.15) is 13.2 Å². The Morgan fingerprint density at radius 2 is 1.84 bits per heavy atom. The number of fused-ring (bicyclic) bond motifs is 3. The third kappa shape index (κ3) is 5.01. The molecule has 230 valence electrons. The number of piperidine rings is 1. The number of carboxylic acid groups (broad SMARTS) is 1. The molecule has 2 aliphatic heterocycles. The Morgan fingerprint density at radius 3 is 2.55 bits per heavy atom. The molecule has 1 spiro atoms. The van der Waals surface area contributed by atoms with Crippen molar-refractivity contribution in [3.63, 3.8) is 0 Å². The summed E-state index contributed by atoms with van der Waals surface area (Å²) in [6.07, 6.45) is 3.77. The molecule has 2 unspecified atom stereocenters. The minimum atomic E-state index is -4.57. The molecule has 12 heteroatoms. The molecule has 44 heavy (non-hydrogen) atoms. The van der Waals surface area contributed by atoms with Crippen LogP contribution in [0.15, 0.2) is 47.0 Å². The molecule has 2 aromatic carbocycles. The SMILES string of the molecule is O=C(O)c1ccc2nc(N3C4CCC3CC3(CC(OCc5c(-c6ccccc6NC(F)(F)F)noc5C5CC5)C3)C4)sc2c1. The zero-order chi connectivity index (χ0) is 30.2. The Morgan fingerprint density at radius 1 is 1.09 bits per heavy atom. The molecule has 8 nitrogen and oxygen atoms in total. The van der Waals surface area contributed by atoms with Gasteiger partial charge in [-0.3, -0.25) is 5.32 Å². The number of halogens is 3. The lowest BCUT2D eigenvalue weighted by molar-refractivity contribution is -0.104. The van der Waals surface area contributed by atoms with E-state index in [-0.39, 0.29) is 35.3 Å². The molecule has 4 fully saturated rings. The van der Waals surface area contributed by atoms with Gasteiger partial charge in [-0.1, -0.05) is 34.7 Å². The average molecular weight is 625 g/mol. The molecule has 0 radical (unpaired) electrons. The molecule has 2 N–H and O–H groups in total. The van der Waals surface area contributed by atoms with Crippen LogP contribution in [0.4, 0.5) is 24.0 Å². The van der Waals surface area contributed by atoms with Crippen molar-refractivity contribution < 1.29 is 32.3 Å². The summed E-state index contributed by atoms with van der Waals surface area (Å²) in [6.45, 7) is 0.259. The highest BCUT2D eigenvalue weighted by molar-refractivity contribution is 7.22. The van der Waals surface area contributed by atoms with E-state index in [9.17, 15) is 23.1 Å². The van der Waals surface area contributed by atoms with Crippen molar-refractivity contribution in [1.82, 2.24) is 10.1 Å². The van der Waals surface area contributed by atoms with Gasteiger partial charge < -0.3 is 19.3 Å². The van der Waals surface area contributed by atoms with Gasteiger partial charge in [0.25, 0.3) is 0 Å². The van der Waals surface area contributed by atoms with Crippen LogP contribution in [0.1, 0.15) is 79.0 Å². The summed E-state index contributed by atoms with van der Waals surface area (Å²) >= 11 is 1.57. The summed E-state index contributed by atoms with van der Waals surface area (Å²) in [5.74, 6) is 0.0351. The van der Waals surface area contributed by atoms with Crippen LogP contribution in [0.5, 0.6) is 0 Å². The van der Waals surface area contributed by atoms with Gasteiger partial charge >= 0.3 is 12.3 Å². The number of carbonyl (C=O) groups is 1. The molecule has 4 aliphatic rings. The number of aromatic nitrogens is 2. The molecule has 8 rings (SSSR count). The maximum Gasteiger partial charge on any atom is 0.482 e. The predicted molar refractivity (Wildman–Crippen MR) is 159 cm³/mol. The van der Waals surface area contributed by atoms with E-state index < -0.39 is 12.3 Å². The van der Waals surface area contributed by atoms with Crippen molar-refractivity contribution in [3.8, 4) is 11.3 Å². The summed E-state index contributed by atoms with van der Waals surface area (Å²) in [5.41, 5.74) is 2.79. The first-order chi connectivity index (χ1) is 21.1. The molecular weight excluding hydrogens is 593 g/mol. The van der Waals surface area contributed by atoms with Crippen molar-refractivity contribution in [3.05, 3.63) is 59.4 Å². The summed E-state index contributed by atoms with van der Waals surface area (Å²) < 4.78 is 52.7. The van der Waals surface area contributed by atoms with Crippen LogP contribution in [0, 0.1) is 5.41 Å². The number of rotatable bonds is 8. The average Bonchev–Trinajstić information content (AvgIpc) is 3.48. The Labute approximate surface area is 255 Å². The number of para-hydroxylation sites is 1. The number of aromatic carboxylic acids is 1. The predicted octanol–water partition coefficient (Wildman–Crippen LogP) is 7.96. The normalized spacial score (nSPS) is 26.3. The van der Waals surface area contributed by atoms with Gasteiger partial charge in [-0.15, -0.1) is 0 Å². The second kappa shape index (κ2) is 10.2. The maximum atomic E-state index is 13.2. The zero-order valence-electron chi connectivity index (χ0n) is 23.8. The Balaban J connectivity index is 0.953. The van der Waals surface area contributed by atoms with E-state index in [4.69, 9.17) is 14.2 Å². The second-order valence-electron chi connectivity index (χ2n) is 12.8. The quantitative estimate of drug-likeness (QED) is 0.191. The molecule has 2 atom stereocenters. The number of nitrogens with zero attached hydrogens (tertiary/aromatic N) is 3. The topological polar surface area (TPSA) is 101 Å². The first-order valence-electron chi connectivity index (χ1n) is 15.1. The second-order valence-corrected chi connectivity index (χ2v) is 13.9. The molecule has 0 amide bonds. The number of alkyl halides is 3. The van der Waals surface area contributed by atoms with Gasteiger partial charge in [0.1, 0.15) is 11.5 Å². The fourth-order valence-corrected chi connectivity index (χ4v) is 8.91. The Kier molecular flexibility index (Phi) is 6.46. The summed E-state index contributed by atoms with van der Waals surface area (Å²) in [4.78, 5) is 18.8. The number of nitrogens with one attached hydrogen (secondary N) is 1. The van der Waals surface area contributed by atoms with E-state index in [0.717, 1.165) is 78.0 Å². The van der Waals surface area contributed by atoms with Gasteiger partial charge in [0, 0.05) is 29.1 Å². The van der Waals surface area contributed by atoms with Crippen molar-refractivity contribution in [2.45, 2.75) is 88.4 Å². The van der Waals surface area contributed by atoms with E-state index in [0.29, 0.717) is 23.3 Å². The third-order valence-electron chi connectivity index (χ3n) is 9.81. The molecule has 2 aromatic heterocycles. The first-order valence-corrected chi connectivity index (χ1v) is 15.9. The minimum absolute atomic E-state index is 0.0582. The van der Waals surface area contributed by atoms with Gasteiger partial charge in [-0.05, 0) is 81.0 Å². The molecule has 2 bridgehead atoms. The number of hydrogen-bond donors (Lipinski definition) is 2. The number of thiazole rings is 1. The zero-order valence-corrected chi connectivity index (χ0v) is 24.6. The molecule has 2 aliphatic carbocycles. The highest BCUT2D eigenvalue weighted by Gasteiger charge is 2.55. The summed E-state index contributed by atoms with van der Waals surface area (Å²) in [6, 6.07) is 12.2. The first kappa shape index (κ1) is 27.9. The van der Waals surface area contributed by atoms with Crippen LogP contribution in [-0.4, -0.2) is 45.7 Å². The summed E-state index contributed by atoms with van der Waals surface area (Å²) in [7, 11) is 0. The van der Waals surface area contributed by atoms with Gasteiger partial charge in [0.05, 0.1) is 34.2 Å². The molecule has 2 saturated carbocycles. The van der Waals surface area contributed by atoms with Crippen molar-refractivity contribution in [1.29, 1.82) is 0 Å². The molecule has 4 aromatic rings. The van der Waals surface area contributed by atoms with Gasteiger partial charge in [0.15, 0.2) is 5.13 Å². The van der Waals surface area contributed by atoms with E-state index in [1.807, 2.05) is 0 Å². The lowest BCUT2D eigenvalue weighted by Gasteiger charge is -2.54. The molecular formula is C32H31F3N4O4S. The fourth-order valence-electron chi connectivity index (χ4n) is 7.76. The number of carboxylic acids is 1. The van der Waals surface area contributed by atoms with Crippen LogP contribution >= 0.6 is 11.3 Å². The Hall–Kier alpha value is -3.64. The van der Waals surface area contributed by atoms with Crippen LogP contribution in [0.3, 0.4) is 0 Å². The van der Waals surface area contributed by atoms with E-state index in [2.05, 4.69) is 10.1 Å². The summed E-state index contributed by atoms with van der Waals surface area (Å²) in [5, 5.41) is 16.2. The van der Waals surface area contributed by atoms with Crippen LogP contribution < -0.4 is 10.2 Å². The van der Waals surface area contributed by atoms with Gasteiger partial charge in [0.2, 0.25) is 0 Å². The highest BCUT2D eigenvalue weighted by atomic mass is 32.1.